The molecule has 36 heteroatoms. The van der Waals surface area contributed by atoms with Gasteiger partial charge in [-0.05, 0) is 176 Å². The Kier molecular flexibility index (Phi) is 48.2. The van der Waals surface area contributed by atoms with Gasteiger partial charge in [0, 0.05) is 103 Å². The summed E-state index contributed by atoms with van der Waals surface area (Å²) in [6.07, 6.45) is -15.9. The van der Waals surface area contributed by atoms with Crippen molar-refractivity contribution in [3.05, 3.63) is 12.7 Å². The highest BCUT2D eigenvalue weighted by Gasteiger charge is 2.58. The molecule has 0 radical (unpaired) electrons. The zero-order chi connectivity index (χ0) is 99.5. The normalized spacial score (nSPS) is 41.0. The van der Waals surface area contributed by atoms with Crippen molar-refractivity contribution in [2.45, 2.75) is 424 Å². The van der Waals surface area contributed by atoms with E-state index in [2.05, 4.69) is 38.4 Å². The minimum atomic E-state index is -1.99. The molecule has 0 unspecified atom stereocenters. The van der Waals surface area contributed by atoms with Gasteiger partial charge in [-0.15, -0.1) is 6.58 Å². The summed E-state index contributed by atoms with van der Waals surface area (Å²) in [5.74, 6) is -8.33. The average molecular weight is 1870 g/mol. The van der Waals surface area contributed by atoms with Crippen molar-refractivity contribution in [2.75, 3.05) is 88.3 Å². The lowest BCUT2D eigenvalue weighted by Gasteiger charge is -2.50. The quantitative estimate of drug-likeness (QED) is 0.0190. The molecule has 0 aromatic carbocycles. The van der Waals surface area contributed by atoms with Crippen LogP contribution < -0.4 is 16.0 Å². The second-order valence-electron chi connectivity index (χ2n) is 38.4. The first-order chi connectivity index (χ1) is 61.2. The number of aliphatic hydroxyl groups is 6. The number of hydrogen-bond donors (Lipinski definition) is 9. The summed E-state index contributed by atoms with van der Waals surface area (Å²) in [6.45, 7) is 50.3. The van der Waals surface area contributed by atoms with E-state index < -0.39 is 228 Å². The van der Waals surface area contributed by atoms with Gasteiger partial charge in [0.1, 0.15) is 59.0 Å². The first kappa shape index (κ1) is 118. The molecular formula is C95H170N8O28. The van der Waals surface area contributed by atoms with Gasteiger partial charge in [0.05, 0.1) is 115 Å². The number of rotatable bonds is 31. The molecule has 36 nitrogen and oxygen atoms in total. The van der Waals surface area contributed by atoms with E-state index in [1.807, 2.05) is 87.3 Å². The summed E-state index contributed by atoms with van der Waals surface area (Å²) < 4.78 is 102. The molecule has 0 spiro atoms. The Morgan fingerprint density at radius 2 is 0.885 bits per heavy atom. The molecule has 2 amide bonds. The lowest BCUT2D eigenvalue weighted by Crippen LogP contribution is -2.61. The Morgan fingerprint density at radius 1 is 0.527 bits per heavy atom. The van der Waals surface area contributed by atoms with E-state index in [0.717, 1.165) is 26.2 Å². The van der Waals surface area contributed by atoms with Crippen molar-refractivity contribution >= 4 is 35.7 Å². The van der Waals surface area contributed by atoms with Gasteiger partial charge in [-0.1, -0.05) is 75.3 Å². The first-order valence-electron chi connectivity index (χ1n) is 47.4. The smallest absolute Gasteiger partial charge is 0.311 e. The molecule has 0 aliphatic carbocycles. The summed E-state index contributed by atoms with van der Waals surface area (Å²) in [6, 6.07) is 1.36. The maximum absolute atomic E-state index is 14.5. The van der Waals surface area contributed by atoms with Gasteiger partial charge in [-0.2, -0.15) is 10.5 Å². The summed E-state index contributed by atoms with van der Waals surface area (Å²) in [4.78, 5) is 89.3. The molecule has 6 heterocycles. The van der Waals surface area contributed by atoms with E-state index in [0.29, 0.717) is 38.9 Å². The number of aliphatic hydroxyl groups excluding tert-OH is 4. The zero-order valence-electron chi connectivity index (χ0n) is 84.4. The minimum absolute atomic E-state index is 0.0522. The maximum Gasteiger partial charge on any atom is 0.311 e. The number of esters is 4. The van der Waals surface area contributed by atoms with E-state index in [-0.39, 0.29) is 82.0 Å². The van der Waals surface area contributed by atoms with Crippen LogP contribution in [0.2, 0.25) is 0 Å². The number of allylic oxidation sites excluding steroid dienone is 1. The monoisotopic (exact) mass is 1870 g/mol. The molecule has 6 saturated heterocycles. The molecule has 0 saturated carbocycles. The molecule has 9 N–H and O–H groups in total. The summed E-state index contributed by atoms with van der Waals surface area (Å²) >= 11 is 0. The standard InChI is InChI=1S/C47H84N4O14.C44H81N3O14.C4H5N/c1-16-34-47(12,57)39(54)31(8)49-42(55)27(4)25-45(10,58-14)40(65-44-37(53)33(24-28(5)60-44)50(13)22-19-21-48)29(6)38(30(7)43(56)62-34)64-36-26-46(11,59-15)41(32(9)61-36)63-35(52)20-23-51(17-2)18-3;1-16-31-44(12,53)36(50)28(8)46-39(51)24(4)22-42(10,54-14)37(61-41-34(49)30(45-13)21-25(5)56-41)26(6)35(27(7)40(52)58-31)60-33-23-43(11,55-15)38(29(9)57-33)59-32(48)19-20-47(17-2)18-3;1-2-3-4-5/h27-34,36-41,44,53-54,57H,16-20,22-26H2,1-15H3,(H,49,55);24-31,33-38,41,45,49-50,53H,16-23H2,1-15H3,(H,46,51);2H,1,3H2/t27-,28-,29+,30-,31-,32+,33+,34-,36+,37-,38+,39+,40-,41+,44+,45-,46-,47-;24-,25-,26+,27-,28-,29+,30+,31-,33+,34-,35+,36+,37-,38+,41+,42-,43-,44-;/m11./s1. The van der Waals surface area contributed by atoms with Crippen molar-refractivity contribution in [3.63, 3.8) is 0 Å². The molecule has 0 bridgehead atoms. The number of hydrogen-bond acceptors (Lipinski definition) is 34. The highest BCUT2D eigenvalue weighted by molar-refractivity contribution is 5.79. The largest absolute Gasteiger partial charge is 0.459 e. The van der Waals surface area contributed by atoms with Gasteiger partial charge < -0.3 is 132 Å². The number of cyclic esters (lactones) is 2. The highest BCUT2D eigenvalue weighted by Crippen LogP contribution is 2.46. The molecule has 36 atom stereocenters. The fourth-order valence-corrected chi connectivity index (χ4v) is 19.4. The topological polar surface area (TPSA) is 465 Å². The van der Waals surface area contributed by atoms with Crippen LogP contribution in [0.5, 0.6) is 0 Å². The second-order valence-corrected chi connectivity index (χ2v) is 38.4. The Hall–Kier alpha value is -5.34. The molecule has 0 aromatic rings. The number of nitrogens with one attached hydrogen (secondary N) is 3. The van der Waals surface area contributed by atoms with Crippen LogP contribution in [0.15, 0.2) is 12.7 Å². The maximum atomic E-state index is 14.5. The molecule has 0 aromatic heterocycles. The van der Waals surface area contributed by atoms with E-state index in [4.69, 9.17) is 81.1 Å². The summed E-state index contributed by atoms with van der Waals surface area (Å²) in [5.41, 5.74) is -8.75. The third-order valence-corrected chi connectivity index (χ3v) is 28.2. The van der Waals surface area contributed by atoms with E-state index in [1.165, 1.54) is 42.3 Å². The molecule has 758 valence electrons. The van der Waals surface area contributed by atoms with Crippen LogP contribution in [0.3, 0.4) is 0 Å². The third kappa shape index (κ3) is 31.3. The van der Waals surface area contributed by atoms with E-state index in [1.54, 1.807) is 96.2 Å². The Labute approximate surface area is 781 Å². The van der Waals surface area contributed by atoms with Gasteiger partial charge in [0.25, 0.3) is 0 Å². The third-order valence-electron chi connectivity index (χ3n) is 28.2. The van der Waals surface area contributed by atoms with Gasteiger partial charge in [-0.25, -0.2) is 0 Å². The Morgan fingerprint density at radius 3 is 1.21 bits per heavy atom. The number of likely N-dealkylation sites (N-methyl/N-ethyl adjacent to an activating group) is 2. The summed E-state index contributed by atoms with van der Waals surface area (Å²) in [7, 11) is 9.63. The van der Waals surface area contributed by atoms with Crippen molar-refractivity contribution in [3.8, 4) is 12.1 Å². The van der Waals surface area contributed by atoms with Gasteiger partial charge in [0.15, 0.2) is 37.4 Å². The predicted molar refractivity (Wildman–Crippen MR) is 486 cm³/mol. The van der Waals surface area contributed by atoms with Crippen LogP contribution in [-0.4, -0.2) is 350 Å². The van der Waals surface area contributed by atoms with Crippen LogP contribution >= 0.6 is 0 Å². The number of nitrogens with zero attached hydrogens (tertiary/aromatic N) is 5. The molecule has 6 fully saturated rings. The van der Waals surface area contributed by atoms with Crippen molar-refractivity contribution in [1.82, 2.24) is 30.7 Å². The predicted octanol–water partition coefficient (Wildman–Crippen LogP) is 7.07. The number of carbonyl (C=O) groups excluding carboxylic acids is 6. The first-order valence-corrected chi connectivity index (χ1v) is 47.4. The van der Waals surface area contributed by atoms with Crippen molar-refractivity contribution in [1.29, 1.82) is 10.5 Å². The minimum Gasteiger partial charge on any atom is -0.459 e. The fraction of sp³-hybridized carbons (Fsp3) is 0.895. The number of methoxy groups -OCH3 is 4. The van der Waals surface area contributed by atoms with Gasteiger partial charge in [0.2, 0.25) is 11.8 Å². The van der Waals surface area contributed by atoms with E-state index >= 15 is 0 Å². The molecular weight excluding hydrogens is 1700 g/mol. The Balaban J connectivity index is 0.000000522. The van der Waals surface area contributed by atoms with Gasteiger partial charge in [-0.3, -0.25) is 33.7 Å². The van der Waals surface area contributed by atoms with Crippen molar-refractivity contribution < 1.29 is 135 Å². The number of amides is 2. The van der Waals surface area contributed by atoms with Crippen LogP contribution in [0.1, 0.15) is 243 Å². The van der Waals surface area contributed by atoms with E-state index in [9.17, 15) is 64.7 Å². The van der Waals surface area contributed by atoms with Gasteiger partial charge >= 0.3 is 23.9 Å². The molecule has 6 aliphatic rings. The average Bonchev–Trinajstić information content (AvgIpc) is 1.50. The lowest BCUT2D eigenvalue weighted by atomic mass is 9.77. The Bertz CT molecular complexity index is 3580. The number of ether oxygens (including phenoxy) is 16. The highest BCUT2D eigenvalue weighted by atomic mass is 16.7. The number of nitriles is 2. The molecule has 131 heavy (non-hydrogen) atoms. The summed E-state index contributed by atoms with van der Waals surface area (Å²) in [5, 5.41) is 95.8. The van der Waals surface area contributed by atoms with Crippen LogP contribution in [0.4, 0.5) is 0 Å². The van der Waals surface area contributed by atoms with Crippen LogP contribution in [-0.2, 0) is 105 Å². The lowest BCUT2D eigenvalue weighted by molar-refractivity contribution is -0.320. The molecule has 6 rings (SSSR count). The fourth-order valence-electron chi connectivity index (χ4n) is 19.4. The van der Waals surface area contributed by atoms with Crippen molar-refractivity contribution in [2.24, 2.45) is 35.5 Å². The molecule has 6 aliphatic heterocycles. The van der Waals surface area contributed by atoms with Crippen LogP contribution in [0, 0.1) is 58.2 Å². The van der Waals surface area contributed by atoms with Crippen LogP contribution in [0.25, 0.3) is 0 Å². The SMILES string of the molecule is C=CCC#N.CC[C@H]1OC(=O)[C@H](C)[C@@H](O[C@H]2C[C@@](C)(OC)[C@@H](OC(=O)CCN(CC)CC)[C@H](C)O2)[C@H](C)[C@@H](O[C@@H]2O[C@H](C)C[C@H](N(C)CCC#N)[C@H]2O)[C@](C)(OC)C[C@@H](C)C(=O)N[C@H](C)[C@H](O)[C@]1(C)O.CC[C@H]1OC(=O)[C@H](C)[C@@H](O[C@H]2C[C@@](C)(OC)[C@@H](OC(=O)CCN(CC)CC)[C@H](C)O2)[C@H](C)[C@@H](O[C@@H]2O[C@H](C)C[C@H](NC)[C@H]2O)[C@](C)(OC)C[C@@H](C)C(=O)N[C@H](C)[C@H](O)[C@]1(C)O. The zero-order valence-corrected chi connectivity index (χ0v) is 84.4. The number of carbonyl (C=O) groups is 6. The second kappa shape index (κ2) is 53.6.